The van der Waals surface area contributed by atoms with Crippen LogP contribution in [0.3, 0.4) is 0 Å². The largest absolute Gasteiger partial charge is 0.494 e. The van der Waals surface area contributed by atoms with Crippen molar-refractivity contribution in [1.29, 1.82) is 0 Å². The van der Waals surface area contributed by atoms with Crippen LogP contribution in [0.4, 0.5) is 5.82 Å². The highest BCUT2D eigenvalue weighted by Crippen LogP contribution is 2.33. The number of H-pyrrole nitrogens is 1. The number of piperidine rings is 1. The van der Waals surface area contributed by atoms with Crippen molar-refractivity contribution in [2.75, 3.05) is 31.2 Å². The van der Waals surface area contributed by atoms with Gasteiger partial charge in [0.15, 0.2) is 5.82 Å². The summed E-state index contributed by atoms with van der Waals surface area (Å²) in [5, 5.41) is 1.01. The fourth-order valence-corrected chi connectivity index (χ4v) is 3.78. The van der Waals surface area contributed by atoms with Crippen LogP contribution >= 0.6 is 0 Å². The molecule has 142 valence electrons. The van der Waals surface area contributed by atoms with Gasteiger partial charge in [0.25, 0.3) is 0 Å². The highest BCUT2D eigenvalue weighted by atomic mass is 16.5. The molecule has 0 amide bonds. The van der Waals surface area contributed by atoms with Crippen molar-refractivity contribution in [1.82, 2.24) is 15.0 Å². The van der Waals surface area contributed by atoms with E-state index in [1.165, 1.54) is 0 Å². The van der Waals surface area contributed by atoms with Crippen molar-refractivity contribution in [3.8, 4) is 5.75 Å². The van der Waals surface area contributed by atoms with E-state index in [1.54, 1.807) is 6.33 Å². The molecule has 4 rings (SSSR count). The van der Waals surface area contributed by atoms with Gasteiger partial charge < -0.3 is 19.4 Å². The second-order valence-corrected chi connectivity index (χ2v) is 6.72. The molecule has 3 heterocycles. The number of nitrogens with one attached hydrogen (secondary N) is 1. The molecule has 7 heteroatoms. The average Bonchev–Trinajstić information content (AvgIpc) is 3.07. The molecule has 27 heavy (non-hydrogen) atoms. The Kier molecular flexibility index (Phi) is 4.83. The van der Waals surface area contributed by atoms with Crippen LogP contribution < -0.4 is 9.64 Å². The first-order valence-corrected chi connectivity index (χ1v) is 9.52. The number of hydrogen-bond acceptors (Lipinski definition) is 6. The van der Waals surface area contributed by atoms with E-state index >= 15 is 0 Å². The van der Waals surface area contributed by atoms with Gasteiger partial charge in [0.1, 0.15) is 23.1 Å². The number of carbonyl (C=O) groups is 1. The number of anilines is 1. The summed E-state index contributed by atoms with van der Waals surface area (Å²) in [5.41, 5.74) is 2.76. The van der Waals surface area contributed by atoms with E-state index in [9.17, 15) is 4.79 Å². The SMILES string of the molecule is CCOC(=O)[C@H]1CCCN(c2ncnc3c2[nH]c2ccc(OCC)cc23)C1. The number of fused-ring (bicyclic) bond motifs is 3. The smallest absolute Gasteiger partial charge is 0.310 e. The molecule has 0 unspecified atom stereocenters. The molecule has 3 aromatic rings. The first kappa shape index (κ1) is 17.6. The van der Waals surface area contributed by atoms with Gasteiger partial charge in [-0.3, -0.25) is 4.79 Å². The molecular weight excluding hydrogens is 344 g/mol. The number of rotatable bonds is 5. The van der Waals surface area contributed by atoms with Crippen molar-refractivity contribution in [3.63, 3.8) is 0 Å². The minimum absolute atomic E-state index is 0.113. The molecule has 0 bridgehead atoms. The van der Waals surface area contributed by atoms with Crippen LogP contribution in [0.15, 0.2) is 24.5 Å². The van der Waals surface area contributed by atoms with E-state index in [4.69, 9.17) is 9.47 Å². The quantitative estimate of drug-likeness (QED) is 0.696. The molecule has 1 aromatic carbocycles. The van der Waals surface area contributed by atoms with E-state index in [1.807, 2.05) is 32.0 Å². The monoisotopic (exact) mass is 368 g/mol. The minimum atomic E-state index is -0.120. The van der Waals surface area contributed by atoms with Crippen LogP contribution in [0, 0.1) is 5.92 Å². The highest BCUT2D eigenvalue weighted by molar-refractivity contribution is 6.08. The van der Waals surface area contributed by atoms with Crippen molar-refractivity contribution in [3.05, 3.63) is 24.5 Å². The molecule has 7 nitrogen and oxygen atoms in total. The zero-order valence-electron chi connectivity index (χ0n) is 15.7. The number of benzene rings is 1. The van der Waals surface area contributed by atoms with Gasteiger partial charge in [0.2, 0.25) is 0 Å². The van der Waals surface area contributed by atoms with Crippen LogP contribution in [0.25, 0.3) is 21.9 Å². The molecule has 1 aliphatic rings. The standard InChI is InChI=1S/C20H24N4O3/c1-3-26-14-7-8-16-15(10-14)17-18(23-16)19(22-12-21-17)24-9-5-6-13(11-24)20(25)27-4-2/h7-8,10,12-13,23H,3-6,9,11H2,1-2H3/t13-/m0/s1. The summed E-state index contributed by atoms with van der Waals surface area (Å²) in [6.45, 7) is 6.32. The summed E-state index contributed by atoms with van der Waals surface area (Å²) < 4.78 is 10.8. The first-order valence-electron chi connectivity index (χ1n) is 9.52. The highest BCUT2D eigenvalue weighted by Gasteiger charge is 2.29. The van der Waals surface area contributed by atoms with Gasteiger partial charge in [-0.05, 0) is 44.9 Å². The van der Waals surface area contributed by atoms with Crippen molar-refractivity contribution < 1.29 is 14.3 Å². The lowest BCUT2D eigenvalue weighted by Crippen LogP contribution is -2.40. The summed E-state index contributed by atoms with van der Waals surface area (Å²) in [6.07, 6.45) is 3.38. The maximum absolute atomic E-state index is 12.2. The number of esters is 1. The Bertz CT molecular complexity index is 968. The lowest BCUT2D eigenvalue weighted by atomic mass is 9.98. The van der Waals surface area contributed by atoms with Crippen LogP contribution in [0.2, 0.25) is 0 Å². The number of ether oxygens (including phenoxy) is 2. The summed E-state index contributed by atoms with van der Waals surface area (Å²) in [5.74, 6) is 1.43. The molecule has 1 aliphatic heterocycles. The Morgan fingerprint density at radius 2 is 2.19 bits per heavy atom. The summed E-state index contributed by atoms with van der Waals surface area (Å²) in [7, 11) is 0. The summed E-state index contributed by atoms with van der Waals surface area (Å²) in [6, 6.07) is 5.96. The maximum Gasteiger partial charge on any atom is 0.310 e. The lowest BCUT2D eigenvalue weighted by molar-refractivity contribution is -0.148. The number of nitrogens with zero attached hydrogens (tertiary/aromatic N) is 3. The van der Waals surface area contributed by atoms with Crippen LogP contribution in [-0.4, -0.2) is 47.2 Å². The Morgan fingerprint density at radius 3 is 3.00 bits per heavy atom. The first-order chi connectivity index (χ1) is 13.2. The molecule has 0 aliphatic carbocycles. The van der Waals surface area contributed by atoms with E-state index in [0.717, 1.165) is 52.9 Å². The number of aromatic amines is 1. The third-order valence-corrected chi connectivity index (χ3v) is 4.98. The van der Waals surface area contributed by atoms with Gasteiger partial charge in [-0.15, -0.1) is 0 Å². The lowest BCUT2D eigenvalue weighted by Gasteiger charge is -2.32. The topological polar surface area (TPSA) is 80.3 Å². The predicted octanol–water partition coefficient (Wildman–Crippen LogP) is 3.29. The maximum atomic E-state index is 12.2. The molecular formula is C20H24N4O3. The average molecular weight is 368 g/mol. The number of aromatic nitrogens is 3. The Labute approximate surface area is 157 Å². The van der Waals surface area contributed by atoms with Gasteiger partial charge in [-0.2, -0.15) is 0 Å². The zero-order valence-corrected chi connectivity index (χ0v) is 15.7. The van der Waals surface area contributed by atoms with E-state index in [0.29, 0.717) is 19.8 Å². The van der Waals surface area contributed by atoms with Crippen molar-refractivity contribution in [2.45, 2.75) is 26.7 Å². The van der Waals surface area contributed by atoms with E-state index in [-0.39, 0.29) is 11.9 Å². The van der Waals surface area contributed by atoms with Crippen LogP contribution in [-0.2, 0) is 9.53 Å². The molecule has 1 fully saturated rings. The van der Waals surface area contributed by atoms with Gasteiger partial charge in [-0.1, -0.05) is 0 Å². The van der Waals surface area contributed by atoms with E-state index in [2.05, 4.69) is 19.9 Å². The Morgan fingerprint density at radius 1 is 1.30 bits per heavy atom. The molecule has 0 spiro atoms. The molecule has 1 N–H and O–H groups in total. The van der Waals surface area contributed by atoms with Gasteiger partial charge in [0.05, 0.1) is 19.1 Å². The van der Waals surface area contributed by atoms with Gasteiger partial charge in [-0.25, -0.2) is 9.97 Å². The summed E-state index contributed by atoms with van der Waals surface area (Å²) in [4.78, 5) is 26.8. The molecule has 0 radical (unpaired) electrons. The summed E-state index contributed by atoms with van der Waals surface area (Å²) >= 11 is 0. The Balaban J connectivity index is 1.71. The molecule has 0 saturated carbocycles. The van der Waals surface area contributed by atoms with Gasteiger partial charge in [0, 0.05) is 24.0 Å². The van der Waals surface area contributed by atoms with Crippen LogP contribution in [0.1, 0.15) is 26.7 Å². The van der Waals surface area contributed by atoms with E-state index < -0.39 is 0 Å². The van der Waals surface area contributed by atoms with Crippen molar-refractivity contribution >= 4 is 33.7 Å². The number of carbonyl (C=O) groups excluding carboxylic acids is 1. The predicted molar refractivity (Wildman–Crippen MR) is 104 cm³/mol. The third kappa shape index (κ3) is 3.29. The molecule has 2 aromatic heterocycles. The van der Waals surface area contributed by atoms with Crippen LogP contribution in [0.5, 0.6) is 5.75 Å². The Hall–Kier alpha value is -2.83. The number of hydrogen-bond donors (Lipinski definition) is 1. The fraction of sp³-hybridized carbons (Fsp3) is 0.450. The van der Waals surface area contributed by atoms with Crippen molar-refractivity contribution in [2.24, 2.45) is 5.92 Å². The third-order valence-electron chi connectivity index (χ3n) is 4.98. The minimum Gasteiger partial charge on any atom is -0.494 e. The fourth-order valence-electron chi connectivity index (χ4n) is 3.78. The molecule has 1 saturated heterocycles. The second-order valence-electron chi connectivity index (χ2n) is 6.72. The zero-order chi connectivity index (χ0) is 18.8. The normalized spacial score (nSPS) is 17.4. The van der Waals surface area contributed by atoms with Gasteiger partial charge >= 0.3 is 5.97 Å². The molecule has 1 atom stereocenters. The second kappa shape index (κ2) is 7.42.